The second-order valence-electron chi connectivity index (χ2n) is 8.78. The zero-order valence-electron chi connectivity index (χ0n) is 19.6. The van der Waals surface area contributed by atoms with Gasteiger partial charge >= 0.3 is 6.18 Å². The Hall–Kier alpha value is -3.97. The largest absolute Gasteiger partial charge is 0.451 e. The number of fused-ring (bicyclic) bond motifs is 1. The van der Waals surface area contributed by atoms with E-state index in [0.717, 1.165) is 15.6 Å². The maximum atomic E-state index is 13.7. The molecule has 6 nitrogen and oxygen atoms in total. The molecule has 5 rings (SSSR count). The van der Waals surface area contributed by atoms with Crippen LogP contribution in [0.3, 0.4) is 0 Å². The average molecular weight is 522 g/mol. The number of nitrogens with one attached hydrogen (secondary N) is 1. The molecule has 37 heavy (non-hydrogen) atoms. The molecule has 1 atom stereocenters. The standard InChI is InChI=1S/C27H22F3N5OS/c28-27(29,30)26-33-20(23-14-19-4-1-2-6-22(19)37-23)15-24(34-26)35-13-3-5-21(35)25(36)32-12-11-17-7-9-18(16-31)10-8-17/h1-2,4,6-10,14-15,21H,3,5,11-13H2,(H,32,36). The van der Waals surface area contributed by atoms with Crippen molar-refractivity contribution in [1.82, 2.24) is 15.3 Å². The van der Waals surface area contributed by atoms with Gasteiger partial charge in [-0.2, -0.15) is 18.4 Å². The summed E-state index contributed by atoms with van der Waals surface area (Å²) in [5, 5.41) is 12.7. The number of alkyl halides is 3. The molecular weight excluding hydrogens is 499 g/mol. The lowest BCUT2D eigenvalue weighted by Gasteiger charge is -2.26. The van der Waals surface area contributed by atoms with E-state index in [4.69, 9.17) is 5.26 Å². The van der Waals surface area contributed by atoms with Crippen molar-refractivity contribution < 1.29 is 18.0 Å². The Kier molecular flexibility index (Phi) is 6.80. The Bertz CT molecular complexity index is 1440. The number of hydrogen-bond donors (Lipinski definition) is 1. The number of nitriles is 1. The third-order valence-corrected chi connectivity index (χ3v) is 7.43. The van der Waals surface area contributed by atoms with Crippen molar-refractivity contribution >= 4 is 33.1 Å². The molecule has 1 fully saturated rings. The number of benzene rings is 2. The molecular formula is C27H22F3N5OS. The summed E-state index contributed by atoms with van der Waals surface area (Å²) in [6.45, 7) is 0.799. The van der Waals surface area contributed by atoms with Crippen molar-refractivity contribution in [3.63, 3.8) is 0 Å². The summed E-state index contributed by atoms with van der Waals surface area (Å²) in [5.41, 5.74) is 1.72. The van der Waals surface area contributed by atoms with Crippen molar-refractivity contribution in [1.29, 1.82) is 5.26 Å². The van der Waals surface area contributed by atoms with E-state index < -0.39 is 18.0 Å². The third-order valence-electron chi connectivity index (χ3n) is 6.29. The first-order valence-electron chi connectivity index (χ1n) is 11.8. The highest BCUT2D eigenvalue weighted by molar-refractivity contribution is 7.22. The fourth-order valence-electron chi connectivity index (χ4n) is 4.45. The van der Waals surface area contributed by atoms with Crippen LogP contribution in [0.2, 0.25) is 0 Å². The van der Waals surface area contributed by atoms with Crippen LogP contribution < -0.4 is 10.2 Å². The molecule has 0 aliphatic carbocycles. The van der Waals surface area contributed by atoms with Gasteiger partial charge in [-0.1, -0.05) is 30.3 Å². The Morgan fingerprint density at radius 3 is 2.65 bits per heavy atom. The van der Waals surface area contributed by atoms with E-state index in [2.05, 4.69) is 21.4 Å². The predicted molar refractivity (Wildman–Crippen MR) is 136 cm³/mol. The minimum atomic E-state index is -4.72. The van der Waals surface area contributed by atoms with Crippen molar-refractivity contribution in [3.05, 3.63) is 77.6 Å². The van der Waals surface area contributed by atoms with Gasteiger partial charge in [0.2, 0.25) is 11.7 Å². The average Bonchev–Trinajstić information content (AvgIpc) is 3.56. The highest BCUT2D eigenvalue weighted by atomic mass is 32.1. The lowest BCUT2D eigenvalue weighted by Crippen LogP contribution is -2.44. The van der Waals surface area contributed by atoms with Gasteiger partial charge in [0.05, 0.1) is 22.2 Å². The van der Waals surface area contributed by atoms with Gasteiger partial charge in [-0.15, -0.1) is 11.3 Å². The van der Waals surface area contributed by atoms with Crippen molar-refractivity contribution in [2.75, 3.05) is 18.0 Å². The van der Waals surface area contributed by atoms with Crippen LogP contribution in [0.5, 0.6) is 0 Å². The van der Waals surface area contributed by atoms with E-state index in [0.29, 0.717) is 42.8 Å². The molecule has 10 heteroatoms. The van der Waals surface area contributed by atoms with Gasteiger partial charge in [-0.3, -0.25) is 4.79 Å². The number of halogens is 3. The second-order valence-corrected chi connectivity index (χ2v) is 9.87. The Labute approximate surface area is 215 Å². The SMILES string of the molecule is N#Cc1ccc(CCNC(=O)C2CCCN2c2cc(-c3cc4ccccc4s3)nc(C(F)(F)F)n2)cc1. The fourth-order valence-corrected chi connectivity index (χ4v) is 5.47. The zero-order chi connectivity index (χ0) is 26.0. The Balaban J connectivity index is 1.37. The summed E-state index contributed by atoms with van der Waals surface area (Å²) in [5.74, 6) is -1.37. The number of nitrogens with zero attached hydrogens (tertiary/aromatic N) is 4. The molecule has 3 heterocycles. The molecule has 0 spiro atoms. The lowest BCUT2D eigenvalue weighted by molar-refractivity contribution is -0.144. The number of hydrogen-bond acceptors (Lipinski definition) is 6. The van der Waals surface area contributed by atoms with Crippen LogP contribution in [0.4, 0.5) is 19.0 Å². The summed E-state index contributed by atoms with van der Waals surface area (Å²) in [6, 6.07) is 19.5. The molecule has 1 N–H and O–H groups in total. The number of carbonyl (C=O) groups is 1. The van der Waals surface area contributed by atoms with Gasteiger partial charge in [-0.05, 0) is 54.5 Å². The molecule has 2 aromatic carbocycles. The van der Waals surface area contributed by atoms with Crippen LogP contribution in [-0.4, -0.2) is 35.0 Å². The Morgan fingerprint density at radius 1 is 1.14 bits per heavy atom. The highest BCUT2D eigenvalue weighted by Crippen LogP contribution is 2.37. The van der Waals surface area contributed by atoms with Gasteiger partial charge in [0.25, 0.3) is 0 Å². The van der Waals surface area contributed by atoms with Crippen LogP contribution in [0.25, 0.3) is 20.7 Å². The number of amides is 1. The summed E-state index contributed by atoms with van der Waals surface area (Å²) in [7, 11) is 0. The van der Waals surface area contributed by atoms with E-state index in [9.17, 15) is 18.0 Å². The van der Waals surface area contributed by atoms with E-state index >= 15 is 0 Å². The molecule has 0 saturated carbocycles. The molecule has 0 radical (unpaired) electrons. The third kappa shape index (κ3) is 5.42. The first-order chi connectivity index (χ1) is 17.8. The quantitative estimate of drug-likeness (QED) is 0.358. The molecule has 1 unspecified atom stereocenters. The summed E-state index contributed by atoms with van der Waals surface area (Å²) in [4.78, 5) is 22.9. The number of anilines is 1. The topological polar surface area (TPSA) is 81.9 Å². The zero-order valence-corrected chi connectivity index (χ0v) is 20.4. The van der Waals surface area contributed by atoms with Gasteiger partial charge in [0.15, 0.2) is 0 Å². The molecule has 1 amide bonds. The summed E-state index contributed by atoms with van der Waals surface area (Å²) in [6.07, 6.45) is -2.96. The lowest BCUT2D eigenvalue weighted by atomic mass is 10.1. The Morgan fingerprint density at radius 2 is 1.92 bits per heavy atom. The van der Waals surface area contributed by atoms with Crippen molar-refractivity contribution in [2.45, 2.75) is 31.5 Å². The van der Waals surface area contributed by atoms with Crippen LogP contribution in [-0.2, 0) is 17.4 Å². The summed E-state index contributed by atoms with van der Waals surface area (Å²) < 4.78 is 42.2. The molecule has 0 bridgehead atoms. The minimum absolute atomic E-state index is 0.0968. The molecule has 1 aliphatic rings. The maximum Gasteiger partial charge on any atom is 0.451 e. The number of rotatable bonds is 6. The maximum absolute atomic E-state index is 13.7. The minimum Gasteiger partial charge on any atom is -0.354 e. The fraction of sp³-hybridized carbons (Fsp3) is 0.259. The second kappa shape index (κ2) is 10.2. The van der Waals surface area contributed by atoms with Gasteiger partial charge in [-0.25, -0.2) is 9.97 Å². The first-order valence-corrected chi connectivity index (χ1v) is 12.6. The number of carbonyl (C=O) groups excluding carboxylic acids is 1. The van der Waals surface area contributed by atoms with Crippen LogP contribution >= 0.6 is 11.3 Å². The van der Waals surface area contributed by atoms with Crippen LogP contribution in [0.15, 0.2) is 60.7 Å². The van der Waals surface area contributed by atoms with Crippen molar-refractivity contribution in [2.24, 2.45) is 0 Å². The molecule has 188 valence electrons. The highest BCUT2D eigenvalue weighted by Gasteiger charge is 2.38. The van der Waals surface area contributed by atoms with Gasteiger partial charge in [0.1, 0.15) is 11.9 Å². The van der Waals surface area contributed by atoms with E-state index in [1.165, 1.54) is 11.3 Å². The first kappa shape index (κ1) is 24.7. The normalized spacial score (nSPS) is 15.6. The molecule has 1 aliphatic heterocycles. The van der Waals surface area contributed by atoms with Crippen LogP contribution in [0.1, 0.15) is 29.8 Å². The summed E-state index contributed by atoms with van der Waals surface area (Å²) >= 11 is 1.37. The van der Waals surface area contributed by atoms with E-state index in [1.807, 2.05) is 42.5 Å². The molecule has 4 aromatic rings. The number of aromatic nitrogens is 2. The van der Waals surface area contributed by atoms with Gasteiger partial charge < -0.3 is 10.2 Å². The van der Waals surface area contributed by atoms with Gasteiger partial charge in [0, 0.05) is 23.9 Å². The smallest absolute Gasteiger partial charge is 0.354 e. The number of thiophene rings is 1. The monoisotopic (exact) mass is 521 g/mol. The van der Waals surface area contributed by atoms with Crippen molar-refractivity contribution in [3.8, 4) is 16.6 Å². The predicted octanol–water partition coefficient (Wildman–Crippen LogP) is 5.58. The van der Waals surface area contributed by atoms with E-state index in [-0.39, 0.29) is 17.4 Å². The molecule has 1 saturated heterocycles. The molecule has 2 aromatic heterocycles. The van der Waals surface area contributed by atoms with Crippen LogP contribution in [0, 0.1) is 11.3 Å². The van der Waals surface area contributed by atoms with E-state index in [1.54, 1.807) is 23.1 Å².